The zero-order valence-corrected chi connectivity index (χ0v) is 13.5. The highest BCUT2D eigenvalue weighted by molar-refractivity contribution is 5.79. The third-order valence-electron chi connectivity index (χ3n) is 4.84. The molecule has 6 nitrogen and oxygen atoms in total. The molecule has 120 valence electrons. The lowest BCUT2D eigenvalue weighted by Gasteiger charge is -2.37. The number of piperidine rings is 1. The van der Waals surface area contributed by atoms with Crippen molar-refractivity contribution in [2.75, 3.05) is 19.6 Å². The number of imidazole rings is 1. The molecule has 1 atom stereocenters. The summed E-state index contributed by atoms with van der Waals surface area (Å²) in [6.45, 7) is 7.62. The normalized spacial score (nSPS) is 22.7. The van der Waals surface area contributed by atoms with Crippen LogP contribution in [0.4, 0.5) is 0 Å². The van der Waals surface area contributed by atoms with Gasteiger partial charge in [-0.1, -0.05) is 12.1 Å². The van der Waals surface area contributed by atoms with Gasteiger partial charge in [0.1, 0.15) is 0 Å². The minimum absolute atomic E-state index is 0.0579. The van der Waals surface area contributed by atoms with Crippen LogP contribution in [0.5, 0.6) is 0 Å². The van der Waals surface area contributed by atoms with E-state index in [1.807, 2.05) is 18.2 Å². The van der Waals surface area contributed by atoms with Crippen LogP contribution in [-0.2, 0) is 5.41 Å². The van der Waals surface area contributed by atoms with Crippen LogP contribution in [0.2, 0.25) is 0 Å². The van der Waals surface area contributed by atoms with Gasteiger partial charge in [0.05, 0.1) is 22.8 Å². The van der Waals surface area contributed by atoms with Gasteiger partial charge in [0.15, 0.2) is 0 Å². The lowest BCUT2D eigenvalue weighted by atomic mass is 9.81. The lowest BCUT2D eigenvalue weighted by Crippen LogP contribution is -2.44. The molecule has 23 heavy (non-hydrogen) atoms. The van der Waals surface area contributed by atoms with Crippen LogP contribution in [0.3, 0.4) is 0 Å². The largest absolute Gasteiger partial charge is 0.345 e. The molecule has 4 rings (SSSR count). The molecule has 2 aromatic heterocycles. The first-order chi connectivity index (χ1) is 11.2. The van der Waals surface area contributed by atoms with E-state index in [9.17, 15) is 0 Å². The van der Waals surface area contributed by atoms with Crippen molar-refractivity contribution in [3.05, 3.63) is 30.4 Å². The van der Waals surface area contributed by atoms with Gasteiger partial charge in [-0.2, -0.15) is 4.98 Å². The van der Waals surface area contributed by atoms with Crippen molar-refractivity contribution in [2.45, 2.75) is 32.1 Å². The molecule has 0 aliphatic carbocycles. The van der Waals surface area contributed by atoms with E-state index in [0.29, 0.717) is 5.82 Å². The predicted molar refractivity (Wildman–Crippen MR) is 88.1 cm³/mol. The Morgan fingerprint density at radius 1 is 1.39 bits per heavy atom. The number of likely N-dealkylation sites (tertiary alicyclic amines) is 1. The Morgan fingerprint density at radius 2 is 2.30 bits per heavy atom. The van der Waals surface area contributed by atoms with Gasteiger partial charge in [-0.25, -0.2) is 4.98 Å². The molecule has 0 radical (unpaired) electrons. The molecule has 0 amide bonds. The van der Waals surface area contributed by atoms with Crippen molar-refractivity contribution in [3.63, 3.8) is 0 Å². The average molecular weight is 311 g/mol. The second kappa shape index (κ2) is 5.45. The fourth-order valence-electron chi connectivity index (χ4n) is 3.45. The van der Waals surface area contributed by atoms with E-state index < -0.39 is 0 Å². The van der Waals surface area contributed by atoms with Crippen molar-refractivity contribution < 1.29 is 4.52 Å². The topological polar surface area (TPSA) is 70.8 Å². The zero-order valence-electron chi connectivity index (χ0n) is 13.5. The van der Waals surface area contributed by atoms with Gasteiger partial charge in [-0.15, -0.1) is 0 Å². The fourth-order valence-corrected chi connectivity index (χ4v) is 3.45. The molecular formula is C17H21N5O. The number of aromatic nitrogens is 4. The summed E-state index contributed by atoms with van der Waals surface area (Å²) < 4.78 is 5.63. The first-order valence-corrected chi connectivity index (χ1v) is 8.18. The first-order valence-electron chi connectivity index (χ1n) is 8.18. The Hall–Kier alpha value is -2.21. The summed E-state index contributed by atoms with van der Waals surface area (Å²) >= 11 is 0. The molecule has 1 aromatic carbocycles. The van der Waals surface area contributed by atoms with Gasteiger partial charge in [0.25, 0.3) is 0 Å². The molecule has 1 aliphatic heterocycles. The van der Waals surface area contributed by atoms with Crippen LogP contribution in [-0.4, -0.2) is 44.6 Å². The number of nitrogens with one attached hydrogen (secondary N) is 1. The van der Waals surface area contributed by atoms with Crippen LogP contribution >= 0.6 is 0 Å². The predicted octanol–water partition coefficient (Wildman–Crippen LogP) is 2.99. The summed E-state index contributed by atoms with van der Waals surface area (Å²) in [5.74, 6) is 1.39. The monoisotopic (exact) mass is 311 g/mol. The van der Waals surface area contributed by atoms with Crippen molar-refractivity contribution in [3.8, 4) is 11.4 Å². The quantitative estimate of drug-likeness (QED) is 0.805. The zero-order chi connectivity index (χ0) is 15.9. The maximum Gasteiger partial charge on any atom is 0.234 e. The van der Waals surface area contributed by atoms with E-state index >= 15 is 0 Å². The van der Waals surface area contributed by atoms with E-state index in [1.54, 1.807) is 6.33 Å². The molecule has 6 heteroatoms. The van der Waals surface area contributed by atoms with E-state index in [0.717, 1.165) is 48.5 Å². The summed E-state index contributed by atoms with van der Waals surface area (Å²) in [6.07, 6.45) is 3.95. The summed E-state index contributed by atoms with van der Waals surface area (Å²) in [4.78, 5) is 14.5. The maximum atomic E-state index is 5.63. The Kier molecular flexibility index (Phi) is 3.41. The van der Waals surface area contributed by atoms with Crippen molar-refractivity contribution in [2.24, 2.45) is 0 Å². The summed E-state index contributed by atoms with van der Waals surface area (Å²) in [6, 6.07) is 5.97. The minimum Gasteiger partial charge on any atom is -0.345 e. The third-order valence-corrected chi connectivity index (χ3v) is 4.84. The summed E-state index contributed by atoms with van der Waals surface area (Å²) in [5.41, 5.74) is 2.81. The standard InChI is InChI=1S/C17H21N5O/c1-3-22-8-4-7-17(2,10-22)16-20-15(21-23-16)12-5-6-13-14(9-12)19-11-18-13/h5-6,9,11H,3-4,7-8,10H2,1-2H3,(H,18,19)/t17-/m0/s1. The Morgan fingerprint density at radius 3 is 3.17 bits per heavy atom. The van der Waals surface area contributed by atoms with E-state index in [-0.39, 0.29) is 5.41 Å². The fraction of sp³-hybridized carbons (Fsp3) is 0.471. The highest BCUT2D eigenvalue weighted by Gasteiger charge is 2.37. The molecule has 1 saturated heterocycles. The Bertz CT molecular complexity index is 823. The number of hydrogen-bond acceptors (Lipinski definition) is 5. The van der Waals surface area contributed by atoms with Crippen LogP contribution in [0.25, 0.3) is 22.4 Å². The van der Waals surface area contributed by atoms with Gasteiger partial charge < -0.3 is 14.4 Å². The second-order valence-corrected chi connectivity index (χ2v) is 6.59. The number of likely N-dealkylation sites (N-methyl/N-ethyl adjacent to an activating group) is 1. The number of hydrogen-bond donors (Lipinski definition) is 1. The van der Waals surface area contributed by atoms with Gasteiger partial charge in [-0.3, -0.25) is 0 Å². The number of nitrogens with zero attached hydrogens (tertiary/aromatic N) is 4. The molecule has 0 unspecified atom stereocenters. The highest BCUT2D eigenvalue weighted by atomic mass is 16.5. The highest BCUT2D eigenvalue weighted by Crippen LogP contribution is 2.33. The number of aromatic amines is 1. The van der Waals surface area contributed by atoms with Gasteiger partial charge in [-0.05, 0) is 51.1 Å². The minimum atomic E-state index is -0.0579. The van der Waals surface area contributed by atoms with E-state index in [2.05, 4.69) is 33.9 Å². The van der Waals surface area contributed by atoms with Crippen LogP contribution in [0, 0.1) is 0 Å². The molecule has 1 aliphatic rings. The van der Waals surface area contributed by atoms with Crippen molar-refractivity contribution in [1.82, 2.24) is 25.0 Å². The number of fused-ring (bicyclic) bond motifs is 1. The summed E-state index contributed by atoms with van der Waals surface area (Å²) in [5, 5.41) is 4.21. The van der Waals surface area contributed by atoms with Crippen LogP contribution < -0.4 is 0 Å². The first kappa shape index (κ1) is 14.4. The second-order valence-electron chi connectivity index (χ2n) is 6.59. The number of rotatable bonds is 3. The molecular weight excluding hydrogens is 290 g/mol. The maximum absolute atomic E-state index is 5.63. The molecule has 0 spiro atoms. The third kappa shape index (κ3) is 2.53. The average Bonchev–Trinajstić information content (AvgIpc) is 3.23. The Labute approximate surface area is 134 Å². The van der Waals surface area contributed by atoms with E-state index in [4.69, 9.17) is 9.51 Å². The van der Waals surface area contributed by atoms with Crippen LogP contribution in [0.15, 0.2) is 29.0 Å². The molecule has 1 N–H and O–H groups in total. The molecule has 3 aromatic rings. The number of H-pyrrole nitrogens is 1. The number of benzene rings is 1. The molecule has 1 fully saturated rings. The lowest BCUT2D eigenvalue weighted by molar-refractivity contribution is 0.135. The smallest absolute Gasteiger partial charge is 0.234 e. The molecule has 0 saturated carbocycles. The molecule has 0 bridgehead atoms. The van der Waals surface area contributed by atoms with Crippen molar-refractivity contribution in [1.29, 1.82) is 0 Å². The van der Waals surface area contributed by atoms with Crippen LogP contribution in [0.1, 0.15) is 32.6 Å². The van der Waals surface area contributed by atoms with Gasteiger partial charge in [0.2, 0.25) is 11.7 Å². The SMILES string of the molecule is CCN1CCC[C@](C)(c2nc(-c3ccc4nc[nH]c4c3)no2)C1. The van der Waals surface area contributed by atoms with E-state index in [1.165, 1.54) is 6.42 Å². The summed E-state index contributed by atoms with van der Waals surface area (Å²) in [7, 11) is 0. The Balaban J connectivity index is 1.65. The van der Waals surface area contributed by atoms with Crippen molar-refractivity contribution >= 4 is 11.0 Å². The molecule has 3 heterocycles. The van der Waals surface area contributed by atoms with Gasteiger partial charge >= 0.3 is 0 Å². The van der Waals surface area contributed by atoms with Gasteiger partial charge in [0, 0.05) is 12.1 Å².